The van der Waals surface area contributed by atoms with Gasteiger partial charge in [0.25, 0.3) is 0 Å². The highest BCUT2D eigenvalue weighted by atomic mass is 16.6. The van der Waals surface area contributed by atoms with Crippen LogP contribution in [0.5, 0.6) is 0 Å². The van der Waals surface area contributed by atoms with Gasteiger partial charge in [0.1, 0.15) is 18.1 Å². The number of anilines is 1. The summed E-state index contributed by atoms with van der Waals surface area (Å²) in [6.07, 6.45) is 0.604. The van der Waals surface area contributed by atoms with Crippen LogP contribution in [0, 0.1) is 22.7 Å². The lowest BCUT2D eigenvalue weighted by molar-refractivity contribution is -0.141. The van der Waals surface area contributed by atoms with Crippen LogP contribution in [-0.4, -0.2) is 142 Å². The van der Waals surface area contributed by atoms with E-state index in [1.807, 2.05) is 32.9 Å². The summed E-state index contributed by atoms with van der Waals surface area (Å²) in [6.45, 7) is 17.7. The Hall–Kier alpha value is -5.18. The first-order chi connectivity index (χ1) is 31.0. The molecular weight excluding hydrogens is 859 g/mol. The number of imide groups is 1. The van der Waals surface area contributed by atoms with Crippen molar-refractivity contribution in [2.45, 2.75) is 118 Å². The van der Waals surface area contributed by atoms with Crippen LogP contribution >= 0.6 is 0 Å². The second kappa shape index (κ2) is 28.8. The molecule has 372 valence electrons. The highest BCUT2D eigenvalue weighted by molar-refractivity contribution is 6.04. The highest BCUT2D eigenvalue weighted by Gasteiger charge is 2.44. The van der Waals surface area contributed by atoms with Gasteiger partial charge < -0.3 is 56.4 Å². The summed E-state index contributed by atoms with van der Waals surface area (Å²) in [4.78, 5) is 102. The standard InChI is InChI=1S/C46H75N7O13/c1-30(2)39(42(60)51-34(10-9-18-48-44(47)62)40(58)49-32-13-11-31(12-14-32)29-45(3,4)5)52-41(59)35(15-16-38(56)57)50-36(54)17-20-63-22-24-65-26-27-66-25-23-64-21-19-53-37(55)28-33(43(53)61)46(6,7)8/h11-14,30,33-35,39H,9-10,15-29H2,1-8H3,(H,49,58)(H,50,54)(H,51,60)(H,52,59)(H,56,57)(H3,47,48,62)/t33?,34-,35-,39-/m0/s1. The summed E-state index contributed by atoms with van der Waals surface area (Å²) in [5.41, 5.74) is 6.57. The van der Waals surface area contributed by atoms with Crippen LogP contribution in [0.3, 0.4) is 0 Å². The lowest BCUT2D eigenvalue weighted by atomic mass is 9.80. The fourth-order valence-electron chi connectivity index (χ4n) is 6.86. The summed E-state index contributed by atoms with van der Waals surface area (Å²) in [7, 11) is 0. The largest absolute Gasteiger partial charge is 0.481 e. The number of primary amides is 1. The maximum absolute atomic E-state index is 13.7. The van der Waals surface area contributed by atoms with E-state index in [4.69, 9.17) is 24.7 Å². The Morgan fingerprint density at radius 2 is 1.30 bits per heavy atom. The van der Waals surface area contributed by atoms with E-state index in [0.717, 1.165) is 12.0 Å². The van der Waals surface area contributed by atoms with Gasteiger partial charge in [-0.3, -0.25) is 38.5 Å². The number of aliphatic carboxylic acids is 1. The van der Waals surface area contributed by atoms with Crippen molar-refractivity contribution in [3.63, 3.8) is 0 Å². The molecule has 0 radical (unpaired) electrons. The average molecular weight is 934 g/mol. The molecule has 1 saturated heterocycles. The maximum atomic E-state index is 13.7. The minimum absolute atomic E-state index is 0.0156. The molecule has 8 amide bonds. The molecule has 1 fully saturated rings. The van der Waals surface area contributed by atoms with Gasteiger partial charge in [0.2, 0.25) is 35.4 Å². The lowest BCUT2D eigenvalue weighted by Gasteiger charge is -2.27. The van der Waals surface area contributed by atoms with E-state index in [0.29, 0.717) is 18.9 Å². The zero-order chi connectivity index (χ0) is 49.5. The first kappa shape index (κ1) is 56.9. The van der Waals surface area contributed by atoms with Gasteiger partial charge in [-0.15, -0.1) is 0 Å². The summed E-state index contributed by atoms with van der Waals surface area (Å²) in [5, 5.41) is 22.5. The number of nitrogens with two attached hydrogens (primary N) is 1. The summed E-state index contributed by atoms with van der Waals surface area (Å²) in [6, 6.07) is 3.09. The first-order valence-electron chi connectivity index (χ1n) is 22.7. The van der Waals surface area contributed by atoms with E-state index < -0.39 is 66.1 Å². The molecule has 66 heavy (non-hydrogen) atoms. The predicted molar refractivity (Wildman–Crippen MR) is 245 cm³/mol. The fourth-order valence-corrected chi connectivity index (χ4v) is 6.86. The van der Waals surface area contributed by atoms with Gasteiger partial charge in [-0.05, 0) is 60.1 Å². The molecule has 0 aromatic heterocycles. The molecule has 0 spiro atoms. The third-order valence-corrected chi connectivity index (χ3v) is 10.4. The number of ether oxygens (including phenoxy) is 4. The van der Waals surface area contributed by atoms with Crippen LogP contribution in [0.25, 0.3) is 0 Å². The van der Waals surface area contributed by atoms with Crippen molar-refractivity contribution in [2.24, 2.45) is 28.4 Å². The molecule has 0 aliphatic carbocycles. The van der Waals surface area contributed by atoms with Crippen LogP contribution in [-0.2, 0) is 58.9 Å². The molecule has 1 unspecified atom stereocenters. The van der Waals surface area contributed by atoms with Gasteiger partial charge in [0.15, 0.2) is 0 Å². The Morgan fingerprint density at radius 3 is 1.82 bits per heavy atom. The highest BCUT2D eigenvalue weighted by Crippen LogP contribution is 2.35. The number of rotatable bonds is 31. The third kappa shape index (κ3) is 22.8. The number of nitrogens with zero attached hydrogens (tertiary/aromatic N) is 1. The number of hydrogen-bond donors (Lipinski definition) is 7. The molecule has 0 saturated carbocycles. The number of carboxylic acid groups (broad SMARTS) is 1. The SMILES string of the molecule is CC(C)[C@H](NC(=O)[C@H](CCC(=O)O)NC(=O)CCOCCOCCOCCOCCN1C(=O)CC(C(C)(C)C)C1=O)C(=O)N[C@@H](CCCNC(N)=O)C(=O)Nc1ccc(CC(C)(C)C)cc1. The summed E-state index contributed by atoms with van der Waals surface area (Å²) >= 11 is 0. The third-order valence-electron chi connectivity index (χ3n) is 10.4. The van der Waals surface area contributed by atoms with E-state index in [1.165, 1.54) is 4.90 Å². The molecular formula is C46H75N7O13. The minimum atomic E-state index is -1.30. The predicted octanol–water partition coefficient (Wildman–Crippen LogP) is 2.52. The van der Waals surface area contributed by atoms with Crippen molar-refractivity contribution < 1.29 is 62.4 Å². The molecule has 1 heterocycles. The number of hydrogen-bond acceptors (Lipinski definition) is 12. The molecule has 2 rings (SSSR count). The lowest BCUT2D eigenvalue weighted by Crippen LogP contribution is -2.58. The van der Waals surface area contributed by atoms with Crippen molar-refractivity contribution in [2.75, 3.05) is 71.3 Å². The number of urea groups is 1. The Labute approximate surface area is 388 Å². The molecule has 20 heteroatoms. The number of likely N-dealkylation sites (tertiary alicyclic amines) is 1. The van der Waals surface area contributed by atoms with Gasteiger partial charge in [0.05, 0.1) is 65.3 Å². The quantitative estimate of drug-likeness (QED) is 0.0417. The topological polar surface area (TPSA) is 283 Å². The van der Waals surface area contributed by atoms with Gasteiger partial charge in [0, 0.05) is 31.5 Å². The van der Waals surface area contributed by atoms with Gasteiger partial charge in [-0.2, -0.15) is 0 Å². The van der Waals surface area contributed by atoms with Crippen LogP contribution in [0.4, 0.5) is 10.5 Å². The Morgan fingerprint density at radius 1 is 0.742 bits per heavy atom. The van der Waals surface area contributed by atoms with Crippen LogP contribution in [0.15, 0.2) is 24.3 Å². The van der Waals surface area contributed by atoms with E-state index in [2.05, 4.69) is 47.4 Å². The molecule has 20 nitrogen and oxygen atoms in total. The van der Waals surface area contributed by atoms with E-state index in [-0.39, 0.29) is 113 Å². The molecule has 1 aliphatic rings. The Bertz CT molecular complexity index is 1740. The second-order valence-corrected chi connectivity index (χ2v) is 18.9. The molecule has 4 atom stereocenters. The van der Waals surface area contributed by atoms with Crippen LogP contribution in [0.1, 0.15) is 99.5 Å². The maximum Gasteiger partial charge on any atom is 0.312 e. The smallest absolute Gasteiger partial charge is 0.312 e. The van der Waals surface area contributed by atoms with Gasteiger partial charge in [-0.25, -0.2) is 4.79 Å². The molecule has 1 aliphatic heterocycles. The number of amides is 8. The van der Waals surface area contributed by atoms with Crippen molar-refractivity contribution in [1.29, 1.82) is 0 Å². The fraction of sp³-hybridized carbons (Fsp3) is 0.696. The first-order valence-corrected chi connectivity index (χ1v) is 22.7. The van der Waals surface area contributed by atoms with Crippen molar-refractivity contribution in [3.8, 4) is 0 Å². The van der Waals surface area contributed by atoms with Crippen molar-refractivity contribution in [1.82, 2.24) is 26.2 Å². The van der Waals surface area contributed by atoms with Crippen molar-refractivity contribution >= 4 is 53.1 Å². The number of carboxylic acids is 1. The Kier molecular flexibility index (Phi) is 24.8. The molecule has 0 bridgehead atoms. The minimum Gasteiger partial charge on any atom is -0.481 e. The number of carbonyl (C=O) groups excluding carboxylic acids is 7. The second-order valence-electron chi connectivity index (χ2n) is 18.9. The van der Waals surface area contributed by atoms with Gasteiger partial charge in [-0.1, -0.05) is 67.5 Å². The number of nitrogens with one attached hydrogen (secondary N) is 5. The van der Waals surface area contributed by atoms with Crippen molar-refractivity contribution in [3.05, 3.63) is 29.8 Å². The normalized spacial score (nSPS) is 15.5. The van der Waals surface area contributed by atoms with Gasteiger partial charge >= 0.3 is 12.0 Å². The Balaban J connectivity index is 1.80. The van der Waals surface area contributed by atoms with E-state index in [9.17, 15) is 43.5 Å². The molecule has 1 aromatic carbocycles. The van der Waals surface area contributed by atoms with Crippen LogP contribution in [0.2, 0.25) is 0 Å². The van der Waals surface area contributed by atoms with E-state index in [1.54, 1.807) is 26.0 Å². The summed E-state index contributed by atoms with van der Waals surface area (Å²) < 4.78 is 22.0. The zero-order valence-electron chi connectivity index (χ0n) is 40.1. The molecule has 8 N–H and O–H groups in total. The number of benzene rings is 1. The average Bonchev–Trinajstić information content (AvgIpc) is 3.51. The van der Waals surface area contributed by atoms with E-state index >= 15 is 0 Å². The zero-order valence-corrected chi connectivity index (χ0v) is 40.1. The monoisotopic (exact) mass is 934 g/mol. The molecule has 1 aromatic rings. The summed E-state index contributed by atoms with van der Waals surface area (Å²) in [5.74, 6) is -4.91. The van der Waals surface area contributed by atoms with Crippen LogP contribution < -0.4 is 32.3 Å². The number of carbonyl (C=O) groups is 8.